The number of carbonyl (C=O) groups is 1. The van der Waals surface area contributed by atoms with Crippen LogP contribution in [0.5, 0.6) is 0 Å². The normalized spacial score (nSPS) is 22.8. The van der Waals surface area contributed by atoms with Gasteiger partial charge in [0.25, 0.3) is 0 Å². The average Bonchev–Trinajstić information content (AvgIpc) is 2.58. The maximum Gasteiger partial charge on any atom is 0.336 e. The molecule has 5 heteroatoms. The van der Waals surface area contributed by atoms with Crippen LogP contribution in [0.15, 0.2) is 30.3 Å². The molecule has 0 aromatic heterocycles. The van der Waals surface area contributed by atoms with E-state index in [-0.39, 0.29) is 0 Å². The largest absolute Gasteiger partial charge is 0.479 e. The maximum absolute atomic E-state index is 11.8. The Morgan fingerprint density at radius 1 is 1.09 bits per heavy atom. The fourth-order valence-corrected chi connectivity index (χ4v) is 3.82. The van der Waals surface area contributed by atoms with Crippen LogP contribution in [-0.2, 0) is 11.2 Å². The van der Waals surface area contributed by atoms with Crippen molar-refractivity contribution < 1.29 is 9.90 Å². The van der Waals surface area contributed by atoms with E-state index in [1.165, 1.54) is 5.56 Å². The quantitative estimate of drug-likeness (QED) is 0.856. The number of benzene rings is 1. The van der Waals surface area contributed by atoms with E-state index in [0.29, 0.717) is 5.92 Å². The summed E-state index contributed by atoms with van der Waals surface area (Å²) in [4.78, 5) is 16.0. The summed E-state index contributed by atoms with van der Waals surface area (Å²) in [6, 6.07) is 10.6. The first kappa shape index (κ1) is 16.4. The molecule has 2 N–H and O–H groups in total. The molecule has 2 fully saturated rings. The van der Waals surface area contributed by atoms with Crippen LogP contribution in [0.4, 0.5) is 0 Å². The van der Waals surface area contributed by atoms with Gasteiger partial charge in [-0.15, -0.1) is 0 Å². The van der Waals surface area contributed by atoms with Crippen molar-refractivity contribution in [1.29, 1.82) is 0 Å². The number of aliphatic carboxylic acids is 1. The Hall–Kier alpha value is -1.43. The molecule has 1 unspecified atom stereocenters. The van der Waals surface area contributed by atoms with E-state index in [2.05, 4.69) is 45.4 Å². The highest BCUT2D eigenvalue weighted by Gasteiger charge is 2.34. The molecule has 0 radical (unpaired) electrons. The first-order valence-electron chi connectivity index (χ1n) is 8.69. The number of hydrogen-bond acceptors (Lipinski definition) is 4. The molecule has 23 heavy (non-hydrogen) atoms. The van der Waals surface area contributed by atoms with E-state index in [4.69, 9.17) is 0 Å². The number of nitrogens with one attached hydrogen (secondary N) is 1. The van der Waals surface area contributed by atoms with Crippen molar-refractivity contribution in [2.75, 3.05) is 39.3 Å². The van der Waals surface area contributed by atoms with Gasteiger partial charge < -0.3 is 10.4 Å². The Morgan fingerprint density at radius 2 is 1.70 bits per heavy atom. The molecule has 1 aromatic carbocycles. The maximum atomic E-state index is 11.8. The molecule has 0 saturated carbocycles. The fourth-order valence-electron chi connectivity index (χ4n) is 3.82. The topological polar surface area (TPSA) is 55.8 Å². The van der Waals surface area contributed by atoms with Crippen molar-refractivity contribution in [2.24, 2.45) is 5.92 Å². The number of carboxylic acid groups (broad SMARTS) is 1. The summed E-state index contributed by atoms with van der Waals surface area (Å²) in [5, 5.41) is 13.0. The van der Waals surface area contributed by atoms with Gasteiger partial charge in [-0.05, 0) is 30.7 Å². The third kappa shape index (κ3) is 4.31. The molecule has 126 valence electrons. The molecular weight excluding hydrogens is 290 g/mol. The minimum absolute atomic E-state index is 0.449. The lowest BCUT2D eigenvalue weighted by molar-refractivity contribution is -0.153. The highest BCUT2D eigenvalue weighted by Crippen LogP contribution is 2.24. The predicted molar refractivity (Wildman–Crippen MR) is 90.3 cm³/mol. The molecule has 0 aliphatic carbocycles. The highest BCUT2D eigenvalue weighted by molar-refractivity contribution is 5.73. The van der Waals surface area contributed by atoms with Crippen LogP contribution < -0.4 is 5.32 Å². The molecule has 2 heterocycles. The number of carboxylic acids is 1. The summed E-state index contributed by atoms with van der Waals surface area (Å²) in [7, 11) is 0. The summed E-state index contributed by atoms with van der Waals surface area (Å²) in [6.45, 7) is 5.18. The van der Waals surface area contributed by atoms with E-state index in [0.717, 1.165) is 58.5 Å². The second-order valence-electron chi connectivity index (χ2n) is 6.67. The molecular formula is C18H27N3O2. The van der Waals surface area contributed by atoms with Gasteiger partial charge in [0.1, 0.15) is 0 Å². The average molecular weight is 317 g/mol. The van der Waals surface area contributed by atoms with Crippen LogP contribution in [0.25, 0.3) is 0 Å². The molecule has 3 rings (SSSR count). The van der Waals surface area contributed by atoms with Gasteiger partial charge in [0.15, 0.2) is 6.17 Å². The summed E-state index contributed by atoms with van der Waals surface area (Å²) >= 11 is 0. The van der Waals surface area contributed by atoms with Crippen LogP contribution in [0.3, 0.4) is 0 Å². The van der Waals surface area contributed by atoms with E-state index in [1.54, 1.807) is 0 Å². The van der Waals surface area contributed by atoms with Crippen molar-refractivity contribution >= 4 is 5.97 Å². The number of nitrogens with zero attached hydrogens (tertiary/aromatic N) is 2. The zero-order chi connectivity index (χ0) is 16.1. The molecule has 2 aliphatic heterocycles. The van der Waals surface area contributed by atoms with Crippen LogP contribution in [0, 0.1) is 5.92 Å². The van der Waals surface area contributed by atoms with Gasteiger partial charge in [0, 0.05) is 39.3 Å². The third-order valence-corrected chi connectivity index (χ3v) is 5.08. The Balaban J connectivity index is 1.55. The van der Waals surface area contributed by atoms with Crippen molar-refractivity contribution in [3.05, 3.63) is 35.9 Å². The first-order chi connectivity index (χ1) is 11.2. The fraction of sp³-hybridized carbons (Fsp3) is 0.611. The zero-order valence-corrected chi connectivity index (χ0v) is 13.7. The highest BCUT2D eigenvalue weighted by atomic mass is 16.4. The molecule has 5 nitrogen and oxygen atoms in total. The van der Waals surface area contributed by atoms with Crippen molar-refractivity contribution in [3.63, 3.8) is 0 Å². The van der Waals surface area contributed by atoms with Crippen LogP contribution in [0.2, 0.25) is 0 Å². The van der Waals surface area contributed by atoms with Crippen LogP contribution in [-0.4, -0.2) is 66.3 Å². The number of rotatable bonds is 5. The summed E-state index contributed by atoms with van der Waals surface area (Å²) in [5.41, 5.74) is 1.39. The molecule has 2 aliphatic rings. The van der Waals surface area contributed by atoms with Gasteiger partial charge in [-0.2, -0.15) is 0 Å². The van der Waals surface area contributed by atoms with Crippen molar-refractivity contribution in [2.45, 2.75) is 25.4 Å². The number of likely N-dealkylation sites (tertiary alicyclic amines) is 1. The van der Waals surface area contributed by atoms with Gasteiger partial charge >= 0.3 is 5.97 Å². The second-order valence-corrected chi connectivity index (χ2v) is 6.67. The second kappa shape index (κ2) is 7.90. The zero-order valence-electron chi connectivity index (χ0n) is 13.7. The van der Waals surface area contributed by atoms with Gasteiger partial charge in [0.2, 0.25) is 0 Å². The minimum Gasteiger partial charge on any atom is -0.479 e. The van der Waals surface area contributed by atoms with E-state index >= 15 is 0 Å². The van der Waals surface area contributed by atoms with Gasteiger partial charge in [0.05, 0.1) is 0 Å². The molecule has 2 saturated heterocycles. The number of piperidine rings is 1. The Morgan fingerprint density at radius 3 is 2.30 bits per heavy atom. The van der Waals surface area contributed by atoms with Crippen LogP contribution >= 0.6 is 0 Å². The Kier molecular flexibility index (Phi) is 5.65. The van der Waals surface area contributed by atoms with Crippen molar-refractivity contribution in [1.82, 2.24) is 15.1 Å². The minimum atomic E-state index is -0.701. The Labute approximate surface area is 138 Å². The lowest BCUT2D eigenvalue weighted by Gasteiger charge is -2.42. The molecule has 0 spiro atoms. The van der Waals surface area contributed by atoms with E-state index in [1.807, 2.05) is 0 Å². The summed E-state index contributed by atoms with van der Waals surface area (Å²) < 4.78 is 0. The van der Waals surface area contributed by atoms with Crippen molar-refractivity contribution in [3.8, 4) is 0 Å². The SMILES string of the molecule is O=C(O)C(N1CCNCC1)N1CCC(Cc2ccccc2)CC1. The van der Waals surface area contributed by atoms with Gasteiger partial charge in [-0.1, -0.05) is 30.3 Å². The summed E-state index contributed by atoms with van der Waals surface area (Å²) in [6.07, 6.45) is 2.84. The molecule has 0 amide bonds. The monoisotopic (exact) mass is 317 g/mol. The van der Waals surface area contributed by atoms with Gasteiger partial charge in [-0.3, -0.25) is 9.80 Å². The predicted octanol–water partition coefficient (Wildman–Crippen LogP) is 1.26. The first-order valence-corrected chi connectivity index (χ1v) is 8.69. The van der Waals surface area contributed by atoms with Crippen LogP contribution in [0.1, 0.15) is 18.4 Å². The van der Waals surface area contributed by atoms with Gasteiger partial charge in [-0.25, -0.2) is 4.79 Å². The molecule has 1 atom stereocenters. The van der Waals surface area contributed by atoms with E-state index < -0.39 is 12.1 Å². The number of piperazine rings is 1. The van der Waals surface area contributed by atoms with E-state index in [9.17, 15) is 9.90 Å². The lowest BCUT2D eigenvalue weighted by Crippen LogP contribution is -2.59. The standard InChI is InChI=1S/C18H27N3O2/c22-18(23)17(21-12-8-19-9-13-21)20-10-6-16(7-11-20)14-15-4-2-1-3-5-15/h1-5,16-17,19H,6-14H2,(H,22,23). The smallest absolute Gasteiger partial charge is 0.336 e. The Bertz CT molecular complexity index is 494. The molecule has 1 aromatic rings. The summed E-state index contributed by atoms with van der Waals surface area (Å²) in [5.74, 6) is -0.0282. The number of hydrogen-bond donors (Lipinski definition) is 2. The lowest BCUT2D eigenvalue weighted by atomic mass is 9.90. The molecule has 0 bridgehead atoms. The third-order valence-electron chi connectivity index (χ3n) is 5.08.